The smallest absolute Gasteiger partial charge is 0.408 e. The van der Waals surface area contributed by atoms with E-state index in [2.05, 4.69) is 52.5 Å². The average molecular weight is 506 g/mol. The van der Waals surface area contributed by atoms with Gasteiger partial charge < -0.3 is 15.4 Å². The van der Waals surface area contributed by atoms with Gasteiger partial charge in [-0.15, -0.1) is 0 Å². The van der Waals surface area contributed by atoms with Crippen LogP contribution in [-0.4, -0.2) is 33.6 Å². The van der Waals surface area contributed by atoms with Crippen molar-refractivity contribution in [3.8, 4) is 0 Å². The third kappa shape index (κ3) is 7.73. The highest BCUT2D eigenvalue weighted by Gasteiger charge is 2.28. The number of hydrogen-bond donors (Lipinski definition) is 2. The molecule has 0 aliphatic heterocycles. The van der Waals surface area contributed by atoms with Gasteiger partial charge in [0.2, 0.25) is 5.91 Å². The van der Waals surface area contributed by atoms with Crippen LogP contribution in [0.15, 0.2) is 15.4 Å². The summed E-state index contributed by atoms with van der Waals surface area (Å²) in [7, 11) is 0. The van der Waals surface area contributed by atoms with E-state index in [9.17, 15) is 9.59 Å². The number of amides is 2. The molecule has 7 nitrogen and oxygen atoms in total. The van der Waals surface area contributed by atoms with Crippen LogP contribution in [0.2, 0.25) is 0 Å². The first-order chi connectivity index (χ1) is 12.6. The van der Waals surface area contributed by atoms with Crippen LogP contribution >= 0.6 is 31.9 Å². The molecule has 1 aromatic rings. The lowest BCUT2D eigenvalue weighted by atomic mass is 9.84. The van der Waals surface area contributed by atoms with Crippen molar-refractivity contribution >= 4 is 49.7 Å². The number of aromatic nitrogens is 2. The van der Waals surface area contributed by atoms with Gasteiger partial charge in [0.1, 0.15) is 20.8 Å². The Balaban J connectivity index is 2.08. The van der Waals surface area contributed by atoms with Crippen LogP contribution < -0.4 is 10.6 Å². The Morgan fingerprint density at radius 2 is 1.93 bits per heavy atom. The molecule has 9 heteroatoms. The lowest BCUT2D eigenvalue weighted by Crippen LogP contribution is -2.47. The highest BCUT2D eigenvalue weighted by molar-refractivity contribution is 9.11. The Morgan fingerprint density at radius 3 is 2.52 bits per heavy atom. The molecule has 150 valence electrons. The summed E-state index contributed by atoms with van der Waals surface area (Å²) in [4.78, 5) is 33.4. The van der Waals surface area contributed by atoms with E-state index in [-0.39, 0.29) is 5.91 Å². The number of halogens is 2. The molecule has 0 radical (unpaired) electrons. The minimum Gasteiger partial charge on any atom is -0.444 e. The van der Waals surface area contributed by atoms with Crippen molar-refractivity contribution < 1.29 is 14.3 Å². The zero-order valence-corrected chi connectivity index (χ0v) is 19.0. The van der Waals surface area contributed by atoms with Gasteiger partial charge in [0.05, 0.1) is 6.20 Å². The van der Waals surface area contributed by atoms with Gasteiger partial charge in [-0.05, 0) is 65.0 Å². The van der Waals surface area contributed by atoms with Crippen molar-refractivity contribution in [2.45, 2.75) is 70.9 Å². The molecule has 1 atom stereocenters. The second-order valence-electron chi connectivity index (χ2n) is 7.76. The van der Waals surface area contributed by atoms with E-state index in [1.807, 2.05) is 0 Å². The number of anilines is 1. The maximum atomic E-state index is 12.8. The highest BCUT2D eigenvalue weighted by atomic mass is 79.9. The molecule has 0 saturated heterocycles. The predicted octanol–water partition coefficient (Wildman–Crippen LogP) is 4.80. The third-order valence-electron chi connectivity index (χ3n) is 4.24. The second-order valence-corrected chi connectivity index (χ2v) is 9.32. The van der Waals surface area contributed by atoms with E-state index < -0.39 is 17.7 Å². The van der Waals surface area contributed by atoms with Crippen molar-refractivity contribution in [2.75, 3.05) is 5.32 Å². The molecule has 1 heterocycles. The van der Waals surface area contributed by atoms with E-state index in [4.69, 9.17) is 4.74 Å². The van der Waals surface area contributed by atoms with Crippen molar-refractivity contribution in [3.05, 3.63) is 15.4 Å². The summed E-state index contributed by atoms with van der Waals surface area (Å²) in [5.74, 6) is 0.385. The molecule has 1 saturated carbocycles. The molecule has 1 fully saturated rings. The van der Waals surface area contributed by atoms with E-state index in [1.54, 1.807) is 20.8 Å². The van der Waals surface area contributed by atoms with Crippen LogP contribution in [0.3, 0.4) is 0 Å². The molecule has 1 aliphatic rings. The van der Waals surface area contributed by atoms with Crippen LogP contribution in [0.4, 0.5) is 10.6 Å². The normalized spacial score (nSPS) is 16.5. The third-order valence-corrected chi connectivity index (χ3v) is 5.18. The average Bonchev–Trinajstić information content (AvgIpc) is 2.56. The Morgan fingerprint density at radius 1 is 1.26 bits per heavy atom. The minimum atomic E-state index is -0.694. The monoisotopic (exact) mass is 504 g/mol. The molecule has 2 N–H and O–H groups in total. The quantitative estimate of drug-likeness (QED) is 0.599. The highest BCUT2D eigenvalue weighted by Crippen LogP contribution is 2.28. The Labute approximate surface area is 176 Å². The van der Waals surface area contributed by atoms with Crippen molar-refractivity contribution in [1.29, 1.82) is 0 Å². The number of rotatable bonds is 5. The number of ether oxygens (including phenoxy) is 1. The fourth-order valence-corrected chi connectivity index (χ4v) is 3.98. The van der Waals surface area contributed by atoms with Crippen LogP contribution in [0.25, 0.3) is 0 Å². The summed E-state index contributed by atoms with van der Waals surface area (Å²) in [6.07, 6.45) is 7.17. The fraction of sp³-hybridized carbons (Fsp3) is 0.667. The summed E-state index contributed by atoms with van der Waals surface area (Å²) in [5.41, 5.74) is -0.629. The summed E-state index contributed by atoms with van der Waals surface area (Å²) < 4.78 is 6.29. The van der Waals surface area contributed by atoms with Crippen molar-refractivity contribution in [3.63, 3.8) is 0 Å². The SMILES string of the molecule is CC(C)(C)OC(=O)NC(CC1CCCCC1)C(=O)Nc1ncc(Br)nc1Br. The van der Waals surface area contributed by atoms with Gasteiger partial charge in [-0.3, -0.25) is 4.79 Å². The van der Waals surface area contributed by atoms with Gasteiger partial charge >= 0.3 is 6.09 Å². The first-order valence-corrected chi connectivity index (χ1v) is 10.7. The largest absolute Gasteiger partial charge is 0.444 e. The van der Waals surface area contributed by atoms with Crippen LogP contribution in [0, 0.1) is 5.92 Å². The maximum absolute atomic E-state index is 12.8. The summed E-state index contributed by atoms with van der Waals surface area (Å²) >= 11 is 6.51. The summed E-state index contributed by atoms with van der Waals surface area (Å²) in [5, 5.41) is 5.47. The van der Waals surface area contributed by atoms with E-state index in [0.29, 0.717) is 27.4 Å². The van der Waals surface area contributed by atoms with Gasteiger partial charge in [0.25, 0.3) is 0 Å². The van der Waals surface area contributed by atoms with Gasteiger partial charge in [0.15, 0.2) is 5.82 Å². The first kappa shape index (κ1) is 22.1. The molecule has 0 aromatic carbocycles. The Kier molecular flexibility index (Phi) is 8.03. The number of carbonyl (C=O) groups is 2. The Hall–Kier alpha value is -1.22. The molecular formula is C18H26Br2N4O3. The van der Waals surface area contributed by atoms with E-state index in [0.717, 1.165) is 25.7 Å². The molecule has 0 bridgehead atoms. The predicted molar refractivity (Wildman–Crippen MR) is 110 cm³/mol. The Bertz CT molecular complexity index is 673. The lowest BCUT2D eigenvalue weighted by Gasteiger charge is -2.27. The molecule has 1 aromatic heterocycles. The van der Waals surface area contributed by atoms with Gasteiger partial charge in [-0.25, -0.2) is 14.8 Å². The van der Waals surface area contributed by atoms with Crippen LogP contribution in [-0.2, 0) is 9.53 Å². The molecular weight excluding hydrogens is 480 g/mol. The van der Waals surface area contributed by atoms with E-state index in [1.165, 1.54) is 12.6 Å². The number of hydrogen-bond acceptors (Lipinski definition) is 5. The van der Waals surface area contributed by atoms with Crippen LogP contribution in [0.5, 0.6) is 0 Å². The molecule has 27 heavy (non-hydrogen) atoms. The zero-order valence-electron chi connectivity index (χ0n) is 15.8. The molecule has 2 amide bonds. The molecule has 2 rings (SSSR count). The zero-order chi connectivity index (χ0) is 20.0. The van der Waals surface area contributed by atoms with E-state index >= 15 is 0 Å². The van der Waals surface area contributed by atoms with Gasteiger partial charge in [-0.2, -0.15) is 0 Å². The first-order valence-electron chi connectivity index (χ1n) is 9.12. The number of nitrogens with one attached hydrogen (secondary N) is 2. The topological polar surface area (TPSA) is 93.2 Å². The maximum Gasteiger partial charge on any atom is 0.408 e. The lowest BCUT2D eigenvalue weighted by molar-refractivity contribution is -0.118. The van der Waals surface area contributed by atoms with Crippen molar-refractivity contribution in [1.82, 2.24) is 15.3 Å². The minimum absolute atomic E-state index is 0.308. The number of nitrogens with zero attached hydrogens (tertiary/aromatic N) is 2. The number of alkyl carbamates (subject to hydrolysis) is 1. The number of carbonyl (C=O) groups excluding carboxylic acids is 2. The summed E-state index contributed by atoms with van der Waals surface area (Å²) in [6, 6.07) is -0.694. The molecule has 0 spiro atoms. The van der Waals surface area contributed by atoms with Gasteiger partial charge in [0, 0.05) is 0 Å². The van der Waals surface area contributed by atoms with Gasteiger partial charge in [-0.1, -0.05) is 32.1 Å². The standard InChI is InChI=1S/C18H26Br2N4O3/c1-18(2,3)27-17(26)22-12(9-11-7-5-4-6-8-11)16(25)24-15-14(20)23-13(19)10-21-15/h10-12H,4-9H2,1-3H3,(H,22,26)(H,21,24,25). The molecule has 1 unspecified atom stereocenters. The molecule has 1 aliphatic carbocycles. The van der Waals surface area contributed by atoms with Crippen LogP contribution in [0.1, 0.15) is 59.3 Å². The fourth-order valence-electron chi connectivity index (χ4n) is 3.07. The second kappa shape index (κ2) is 9.82. The van der Waals surface area contributed by atoms with Crippen molar-refractivity contribution in [2.24, 2.45) is 5.92 Å². The summed E-state index contributed by atoms with van der Waals surface area (Å²) in [6.45, 7) is 5.37.